The van der Waals surface area contributed by atoms with E-state index in [4.69, 9.17) is 9.47 Å². The Morgan fingerprint density at radius 1 is 0.926 bits per heavy atom. The van der Waals surface area contributed by atoms with Gasteiger partial charge in [-0.15, -0.1) is 0 Å². The summed E-state index contributed by atoms with van der Waals surface area (Å²) >= 11 is 1.41. The first-order valence-corrected chi connectivity index (χ1v) is 20.4. The minimum absolute atomic E-state index is 0.00823. The number of amides is 5. The smallest absolute Gasteiger partial charge is 0.252 e. The van der Waals surface area contributed by atoms with Gasteiger partial charge in [0, 0.05) is 39.5 Å². The van der Waals surface area contributed by atoms with Gasteiger partial charge in [0.25, 0.3) is 5.91 Å². The lowest BCUT2D eigenvalue weighted by molar-refractivity contribution is -0.146. The molecular weight excluding hydrogens is 709 g/mol. The Balaban J connectivity index is 1.71. The molecule has 14 heteroatoms. The SMILES string of the molecule is CC[C@H](C)C([C@@H](CC(=O)N1CCC[C@H]1[C@H](OC)[C@@H](C)C(=O)N[C@@H](Cc1ccccc1)C(=O)NSC1CC1)OC)N(C)C(=O)CNC(=O)C(C(C)C)N(C)C. The number of likely N-dealkylation sites (N-methyl/N-ethyl adjacent to an activating group) is 2. The van der Waals surface area contributed by atoms with Gasteiger partial charge in [-0.05, 0) is 69.1 Å². The van der Waals surface area contributed by atoms with Crippen molar-refractivity contribution < 1.29 is 33.4 Å². The molecule has 0 spiro atoms. The third-order valence-corrected chi connectivity index (χ3v) is 12.1. The number of methoxy groups -OCH3 is 2. The minimum Gasteiger partial charge on any atom is -0.379 e. The lowest BCUT2D eigenvalue weighted by Crippen LogP contribution is -2.55. The van der Waals surface area contributed by atoms with Crippen LogP contribution in [-0.2, 0) is 39.9 Å². The summed E-state index contributed by atoms with van der Waals surface area (Å²) in [4.78, 5) is 72.9. The van der Waals surface area contributed by atoms with Crippen molar-refractivity contribution in [3.63, 3.8) is 0 Å². The molecule has 2 aliphatic rings. The van der Waals surface area contributed by atoms with Crippen LogP contribution >= 0.6 is 11.9 Å². The minimum atomic E-state index is -0.773. The van der Waals surface area contributed by atoms with Gasteiger partial charge in [0.2, 0.25) is 23.6 Å². The number of hydrogen-bond donors (Lipinski definition) is 3. The molecule has 1 heterocycles. The highest BCUT2D eigenvalue weighted by atomic mass is 32.2. The number of carbonyl (C=O) groups is 5. The first-order chi connectivity index (χ1) is 25.6. The van der Waals surface area contributed by atoms with Crippen molar-refractivity contribution in [3.05, 3.63) is 35.9 Å². The number of benzene rings is 1. The fourth-order valence-corrected chi connectivity index (χ4v) is 8.41. The van der Waals surface area contributed by atoms with Crippen LogP contribution in [0.5, 0.6) is 0 Å². The summed E-state index contributed by atoms with van der Waals surface area (Å²) < 4.78 is 14.9. The summed E-state index contributed by atoms with van der Waals surface area (Å²) in [6.07, 6.45) is 3.42. The van der Waals surface area contributed by atoms with Crippen molar-refractivity contribution >= 4 is 41.5 Å². The normalized spacial score (nSPS) is 19.7. The number of nitrogens with zero attached hydrogens (tertiary/aromatic N) is 3. The van der Waals surface area contributed by atoms with Gasteiger partial charge in [0.05, 0.1) is 49.2 Å². The van der Waals surface area contributed by atoms with E-state index < -0.39 is 30.2 Å². The van der Waals surface area contributed by atoms with E-state index in [2.05, 4.69) is 15.4 Å². The largest absolute Gasteiger partial charge is 0.379 e. The average Bonchev–Trinajstić information content (AvgIpc) is 3.85. The van der Waals surface area contributed by atoms with Crippen LogP contribution in [0.1, 0.15) is 78.7 Å². The Morgan fingerprint density at radius 2 is 1.59 bits per heavy atom. The van der Waals surface area contributed by atoms with Crippen molar-refractivity contribution in [2.75, 3.05) is 48.5 Å². The van der Waals surface area contributed by atoms with Gasteiger partial charge in [-0.1, -0.05) is 71.4 Å². The molecule has 0 aromatic heterocycles. The van der Waals surface area contributed by atoms with Crippen LogP contribution in [0.25, 0.3) is 0 Å². The molecular formula is C40H66N6O7S. The standard InChI is InChI=1S/C40H66N6O7S/c1-11-26(4)36(45(8)34(48)24-41-40(51)35(25(2)3)44(6)7)32(52-9)23-33(47)46-21-15-18-31(46)37(53-10)27(5)38(49)42-30(22-28-16-13-12-14-17-28)39(50)43-54-29-19-20-29/h12-14,16-17,25-27,29-32,35-37H,11,15,18-24H2,1-10H3,(H,41,51)(H,42,49)(H,43,50)/t26-,27+,30-,31-,32+,35?,36?,37+/m0/s1. The molecule has 304 valence electrons. The van der Waals surface area contributed by atoms with E-state index in [1.807, 2.05) is 77.0 Å². The van der Waals surface area contributed by atoms with Crippen LogP contribution in [0, 0.1) is 17.8 Å². The Hall–Kier alpha value is -3.20. The number of nitrogens with one attached hydrogen (secondary N) is 3. The third kappa shape index (κ3) is 12.7. The first kappa shape index (κ1) is 45.2. The van der Waals surface area contributed by atoms with Crippen molar-refractivity contribution in [3.8, 4) is 0 Å². The van der Waals surface area contributed by atoms with E-state index in [9.17, 15) is 24.0 Å². The molecule has 0 radical (unpaired) electrons. The van der Waals surface area contributed by atoms with E-state index in [1.54, 1.807) is 38.0 Å². The number of likely N-dealkylation sites (tertiary alicyclic amines) is 1. The maximum absolute atomic E-state index is 14.1. The Labute approximate surface area is 327 Å². The van der Waals surface area contributed by atoms with Crippen LogP contribution in [0.3, 0.4) is 0 Å². The highest BCUT2D eigenvalue weighted by Gasteiger charge is 2.42. The molecule has 13 nitrogen and oxygen atoms in total. The highest BCUT2D eigenvalue weighted by Crippen LogP contribution is 2.32. The molecule has 1 saturated heterocycles. The summed E-state index contributed by atoms with van der Waals surface area (Å²) in [5, 5.41) is 6.22. The van der Waals surface area contributed by atoms with Gasteiger partial charge < -0.3 is 29.9 Å². The Bertz CT molecular complexity index is 1370. The van der Waals surface area contributed by atoms with E-state index in [1.165, 1.54) is 11.9 Å². The predicted molar refractivity (Wildman–Crippen MR) is 212 cm³/mol. The van der Waals surface area contributed by atoms with Gasteiger partial charge in [0.15, 0.2) is 0 Å². The molecule has 3 N–H and O–H groups in total. The van der Waals surface area contributed by atoms with E-state index in [-0.39, 0.29) is 66.4 Å². The van der Waals surface area contributed by atoms with Crippen LogP contribution in [0.2, 0.25) is 0 Å². The molecule has 8 atom stereocenters. The van der Waals surface area contributed by atoms with Gasteiger partial charge in [-0.2, -0.15) is 0 Å². The molecule has 2 fully saturated rings. The molecule has 2 unspecified atom stereocenters. The average molecular weight is 775 g/mol. The molecule has 1 aromatic rings. The highest BCUT2D eigenvalue weighted by molar-refractivity contribution is 7.98. The summed E-state index contributed by atoms with van der Waals surface area (Å²) in [5.41, 5.74) is 0.933. The molecule has 5 amide bonds. The number of hydrogen-bond acceptors (Lipinski definition) is 9. The molecule has 1 aliphatic heterocycles. The van der Waals surface area contributed by atoms with Crippen LogP contribution in [0.4, 0.5) is 0 Å². The van der Waals surface area contributed by atoms with Gasteiger partial charge in [-0.3, -0.25) is 33.6 Å². The predicted octanol–water partition coefficient (Wildman–Crippen LogP) is 3.26. The third-order valence-electron chi connectivity index (χ3n) is 10.9. The Kier molecular flexibility index (Phi) is 18.2. The van der Waals surface area contributed by atoms with E-state index in [0.29, 0.717) is 24.6 Å². The molecule has 0 bridgehead atoms. The van der Waals surface area contributed by atoms with Crippen LogP contribution < -0.4 is 15.4 Å². The Morgan fingerprint density at radius 3 is 2.15 bits per heavy atom. The maximum atomic E-state index is 14.1. The van der Waals surface area contributed by atoms with Gasteiger partial charge in [0.1, 0.15) is 6.04 Å². The van der Waals surface area contributed by atoms with Gasteiger partial charge >= 0.3 is 0 Å². The quantitative estimate of drug-likeness (QED) is 0.151. The number of carbonyl (C=O) groups excluding carboxylic acids is 5. The molecule has 1 saturated carbocycles. The summed E-state index contributed by atoms with van der Waals surface area (Å²) in [6, 6.07) is 7.65. The fourth-order valence-electron chi connectivity index (χ4n) is 7.61. The zero-order valence-corrected chi connectivity index (χ0v) is 34.9. The van der Waals surface area contributed by atoms with E-state index >= 15 is 0 Å². The lowest BCUT2D eigenvalue weighted by Gasteiger charge is -2.39. The summed E-state index contributed by atoms with van der Waals surface area (Å²) in [6.45, 7) is 10.1. The van der Waals surface area contributed by atoms with Crippen molar-refractivity contribution in [1.82, 2.24) is 30.1 Å². The summed E-state index contributed by atoms with van der Waals surface area (Å²) in [5.74, 6) is -1.81. The first-order valence-electron chi connectivity index (χ1n) is 19.5. The second-order valence-electron chi connectivity index (χ2n) is 15.5. The second kappa shape index (κ2) is 21.8. The topological polar surface area (TPSA) is 150 Å². The fraction of sp³-hybridized carbons (Fsp3) is 0.725. The van der Waals surface area contributed by atoms with Crippen molar-refractivity contribution in [2.24, 2.45) is 17.8 Å². The molecule has 3 rings (SSSR count). The summed E-state index contributed by atoms with van der Waals surface area (Å²) in [7, 11) is 8.48. The molecule has 54 heavy (non-hydrogen) atoms. The molecule has 1 aliphatic carbocycles. The number of rotatable bonds is 22. The van der Waals surface area contributed by atoms with E-state index in [0.717, 1.165) is 31.2 Å². The van der Waals surface area contributed by atoms with Crippen LogP contribution in [0.15, 0.2) is 30.3 Å². The van der Waals surface area contributed by atoms with Crippen LogP contribution in [-0.4, -0.2) is 134 Å². The zero-order valence-electron chi connectivity index (χ0n) is 34.1. The van der Waals surface area contributed by atoms with Gasteiger partial charge in [-0.25, -0.2) is 0 Å². The van der Waals surface area contributed by atoms with Crippen molar-refractivity contribution in [1.29, 1.82) is 0 Å². The van der Waals surface area contributed by atoms with Crippen molar-refractivity contribution in [2.45, 2.75) is 121 Å². The number of ether oxygens (including phenoxy) is 2. The molecule has 1 aromatic carbocycles. The zero-order chi connectivity index (χ0) is 40.1. The second-order valence-corrected chi connectivity index (χ2v) is 16.7. The monoisotopic (exact) mass is 774 g/mol. The lowest BCUT2D eigenvalue weighted by atomic mass is 9.90. The maximum Gasteiger partial charge on any atom is 0.252 e.